The molecule has 2 aromatic rings. The van der Waals surface area contributed by atoms with Crippen LogP contribution in [0.15, 0.2) is 49.1 Å². The van der Waals surface area contributed by atoms with Crippen molar-refractivity contribution in [2.24, 2.45) is 5.92 Å². The Hall–Kier alpha value is -1.76. The number of aromatic hydroxyl groups is 1. The molecule has 0 unspecified atom stereocenters. The summed E-state index contributed by atoms with van der Waals surface area (Å²) >= 11 is 0. The van der Waals surface area contributed by atoms with Crippen molar-refractivity contribution >= 4 is 10.8 Å². The molecule has 0 bridgehead atoms. The van der Waals surface area contributed by atoms with Gasteiger partial charge in [0.1, 0.15) is 5.75 Å². The number of benzene rings is 2. The number of phenols is 1. The van der Waals surface area contributed by atoms with Crippen LogP contribution >= 0.6 is 0 Å². The van der Waals surface area contributed by atoms with Gasteiger partial charge in [0.25, 0.3) is 0 Å². The number of hydrogen-bond donors (Lipinski definition) is 1. The largest absolute Gasteiger partial charge is 0.508 e. The molecule has 20 heavy (non-hydrogen) atoms. The smallest absolute Gasteiger partial charge is 0.120 e. The minimum absolute atomic E-state index is 0.265. The third-order valence-electron chi connectivity index (χ3n) is 4.69. The molecule has 0 radical (unpaired) electrons. The lowest BCUT2D eigenvalue weighted by atomic mass is 9.75. The zero-order valence-electron chi connectivity index (χ0n) is 11.9. The Balaban J connectivity index is 2.10. The van der Waals surface area contributed by atoms with E-state index in [1.54, 1.807) is 0 Å². The molecule has 0 amide bonds. The van der Waals surface area contributed by atoms with Crippen LogP contribution in [0.5, 0.6) is 5.75 Å². The molecule has 3 rings (SSSR count). The Morgan fingerprint density at radius 3 is 2.55 bits per heavy atom. The lowest BCUT2D eigenvalue weighted by Gasteiger charge is -2.29. The van der Waals surface area contributed by atoms with Crippen molar-refractivity contribution in [3.05, 3.63) is 54.6 Å². The van der Waals surface area contributed by atoms with Crippen LogP contribution in [-0.4, -0.2) is 5.11 Å². The fraction of sp³-hybridized carbons (Fsp3) is 0.368. The Morgan fingerprint density at radius 2 is 1.80 bits per heavy atom. The van der Waals surface area contributed by atoms with Gasteiger partial charge < -0.3 is 5.11 Å². The summed E-state index contributed by atoms with van der Waals surface area (Å²) in [5.41, 5.74) is 1.07. The quantitative estimate of drug-likeness (QED) is 0.738. The van der Waals surface area contributed by atoms with Gasteiger partial charge in [-0.2, -0.15) is 0 Å². The third-order valence-corrected chi connectivity index (χ3v) is 4.69. The van der Waals surface area contributed by atoms with Crippen LogP contribution < -0.4 is 0 Å². The minimum Gasteiger partial charge on any atom is -0.508 e. The second-order valence-electron chi connectivity index (χ2n) is 5.88. The number of allylic oxidation sites excluding steroid dienone is 1. The van der Waals surface area contributed by atoms with Gasteiger partial charge in [-0.3, -0.25) is 0 Å². The van der Waals surface area contributed by atoms with Crippen molar-refractivity contribution in [3.8, 4) is 5.75 Å². The lowest BCUT2D eigenvalue weighted by molar-refractivity contribution is 0.328. The molecule has 1 atom stereocenters. The van der Waals surface area contributed by atoms with E-state index in [1.807, 2.05) is 30.3 Å². The van der Waals surface area contributed by atoms with Crippen LogP contribution in [0.2, 0.25) is 0 Å². The molecule has 1 fully saturated rings. The van der Waals surface area contributed by atoms with Gasteiger partial charge >= 0.3 is 0 Å². The summed E-state index contributed by atoms with van der Waals surface area (Å²) in [5.74, 6) is 1.30. The summed E-state index contributed by atoms with van der Waals surface area (Å²) in [6, 6.07) is 12.1. The first-order valence-corrected chi connectivity index (χ1v) is 7.64. The van der Waals surface area contributed by atoms with Crippen LogP contribution in [0.25, 0.3) is 10.8 Å². The first-order valence-electron chi connectivity index (χ1n) is 7.64. The van der Waals surface area contributed by atoms with Gasteiger partial charge in [0, 0.05) is 11.5 Å². The monoisotopic (exact) mass is 266 g/mol. The van der Waals surface area contributed by atoms with Gasteiger partial charge in [-0.25, -0.2) is 0 Å². The molecular formula is C19H22O. The highest BCUT2D eigenvalue weighted by Gasteiger charge is 2.26. The van der Waals surface area contributed by atoms with Crippen LogP contribution in [0, 0.1) is 5.92 Å². The predicted octanol–water partition coefficient (Wildman–Crippen LogP) is 5.40. The van der Waals surface area contributed by atoms with Crippen LogP contribution in [0.3, 0.4) is 0 Å². The van der Waals surface area contributed by atoms with Crippen molar-refractivity contribution < 1.29 is 5.11 Å². The van der Waals surface area contributed by atoms with Gasteiger partial charge in [0.05, 0.1) is 0 Å². The average molecular weight is 266 g/mol. The van der Waals surface area contributed by atoms with E-state index in [-0.39, 0.29) is 5.92 Å². The van der Waals surface area contributed by atoms with Crippen molar-refractivity contribution in [1.29, 1.82) is 0 Å². The topological polar surface area (TPSA) is 20.2 Å². The van der Waals surface area contributed by atoms with E-state index >= 15 is 0 Å². The van der Waals surface area contributed by atoms with Crippen LogP contribution in [0.1, 0.15) is 43.6 Å². The van der Waals surface area contributed by atoms with Crippen LogP contribution in [0.4, 0.5) is 0 Å². The lowest BCUT2D eigenvalue weighted by Crippen LogP contribution is -2.15. The summed E-state index contributed by atoms with van der Waals surface area (Å²) in [6.45, 7) is 4.05. The minimum atomic E-state index is 0.265. The highest BCUT2D eigenvalue weighted by atomic mass is 16.3. The molecule has 0 aliphatic heterocycles. The molecule has 0 heterocycles. The molecule has 1 heteroatoms. The fourth-order valence-corrected chi connectivity index (χ4v) is 3.67. The predicted molar refractivity (Wildman–Crippen MR) is 85.1 cm³/mol. The SMILES string of the molecule is C=C[C@@H](c1c(O)ccc2ccccc12)C1CCCCC1. The van der Waals surface area contributed by atoms with Gasteiger partial charge in [0.2, 0.25) is 0 Å². The van der Waals surface area contributed by atoms with E-state index in [9.17, 15) is 5.11 Å². The summed E-state index contributed by atoms with van der Waals surface area (Å²) in [5, 5.41) is 12.8. The fourth-order valence-electron chi connectivity index (χ4n) is 3.67. The molecule has 1 N–H and O–H groups in total. The second-order valence-corrected chi connectivity index (χ2v) is 5.88. The Kier molecular flexibility index (Phi) is 3.77. The van der Waals surface area contributed by atoms with E-state index in [4.69, 9.17) is 0 Å². The Bertz CT molecular complexity index is 608. The van der Waals surface area contributed by atoms with E-state index in [0.717, 1.165) is 5.56 Å². The molecule has 1 nitrogen and oxygen atoms in total. The summed E-state index contributed by atoms with van der Waals surface area (Å²) in [7, 11) is 0. The highest BCUT2D eigenvalue weighted by molar-refractivity contribution is 5.88. The molecule has 0 aromatic heterocycles. The molecule has 1 aliphatic rings. The maximum Gasteiger partial charge on any atom is 0.120 e. The Morgan fingerprint density at radius 1 is 1.05 bits per heavy atom. The maximum atomic E-state index is 10.4. The average Bonchev–Trinajstić information content (AvgIpc) is 2.51. The van der Waals surface area contributed by atoms with Crippen molar-refractivity contribution in [2.45, 2.75) is 38.0 Å². The summed E-state index contributed by atoms with van der Waals surface area (Å²) in [4.78, 5) is 0. The van der Waals surface area contributed by atoms with Gasteiger partial charge in [-0.05, 0) is 35.6 Å². The Labute approximate surface area is 120 Å². The van der Waals surface area contributed by atoms with Crippen molar-refractivity contribution in [2.75, 3.05) is 0 Å². The molecule has 104 valence electrons. The first-order chi connectivity index (χ1) is 9.81. The zero-order chi connectivity index (χ0) is 13.9. The number of hydrogen-bond acceptors (Lipinski definition) is 1. The maximum absolute atomic E-state index is 10.4. The normalized spacial score (nSPS) is 18.0. The first kappa shape index (κ1) is 13.2. The molecule has 0 spiro atoms. The number of fused-ring (bicyclic) bond motifs is 1. The van der Waals surface area contributed by atoms with E-state index < -0.39 is 0 Å². The van der Waals surface area contributed by atoms with E-state index in [2.05, 4.69) is 18.7 Å². The molecule has 1 aliphatic carbocycles. The molecule has 1 saturated carbocycles. The third kappa shape index (κ3) is 2.33. The molecule has 2 aromatic carbocycles. The van der Waals surface area contributed by atoms with Crippen molar-refractivity contribution in [1.82, 2.24) is 0 Å². The summed E-state index contributed by atoms with van der Waals surface area (Å²) < 4.78 is 0. The summed E-state index contributed by atoms with van der Waals surface area (Å²) in [6.07, 6.45) is 8.50. The highest BCUT2D eigenvalue weighted by Crippen LogP contribution is 2.42. The molecule has 0 saturated heterocycles. The van der Waals surface area contributed by atoms with E-state index in [1.165, 1.54) is 42.9 Å². The van der Waals surface area contributed by atoms with Gasteiger partial charge in [0.15, 0.2) is 0 Å². The second kappa shape index (κ2) is 5.70. The standard InChI is InChI=1S/C19H22O/c1-2-16(14-8-4-3-5-9-14)19-17-11-7-6-10-15(17)12-13-18(19)20/h2,6-7,10-14,16,20H,1,3-5,8-9H2/t16-/m1/s1. The van der Waals surface area contributed by atoms with Crippen LogP contribution in [-0.2, 0) is 0 Å². The van der Waals surface area contributed by atoms with E-state index in [0.29, 0.717) is 11.7 Å². The van der Waals surface area contributed by atoms with Crippen molar-refractivity contribution in [3.63, 3.8) is 0 Å². The van der Waals surface area contributed by atoms with Gasteiger partial charge in [-0.1, -0.05) is 55.7 Å². The number of phenolic OH excluding ortho intramolecular Hbond substituents is 1. The number of rotatable bonds is 3. The zero-order valence-corrected chi connectivity index (χ0v) is 11.9. The van der Waals surface area contributed by atoms with Gasteiger partial charge in [-0.15, -0.1) is 6.58 Å². The molecular weight excluding hydrogens is 244 g/mol.